The highest BCUT2D eigenvalue weighted by Gasteiger charge is 2.26. The van der Waals surface area contributed by atoms with E-state index in [1.54, 1.807) is 0 Å². The van der Waals surface area contributed by atoms with Gasteiger partial charge in [-0.3, -0.25) is 9.79 Å². The lowest BCUT2D eigenvalue weighted by atomic mass is 9.98. The summed E-state index contributed by atoms with van der Waals surface area (Å²) in [5.41, 5.74) is 0. The first-order chi connectivity index (χ1) is 13.0. The lowest BCUT2D eigenvalue weighted by Crippen LogP contribution is -2.50. The summed E-state index contributed by atoms with van der Waals surface area (Å²) < 4.78 is 0. The SMILES string of the molecule is CCCCN(C)CCN=C(NCC)NC1CCN(C(=O)C(CC)CC)CC1.I. The van der Waals surface area contributed by atoms with E-state index in [0.29, 0.717) is 11.9 Å². The number of rotatable bonds is 11. The van der Waals surface area contributed by atoms with Crippen molar-refractivity contribution < 1.29 is 4.79 Å². The molecule has 1 saturated heterocycles. The van der Waals surface area contributed by atoms with Crippen LogP contribution >= 0.6 is 24.0 Å². The van der Waals surface area contributed by atoms with Gasteiger partial charge in [0.1, 0.15) is 0 Å². The van der Waals surface area contributed by atoms with E-state index in [9.17, 15) is 4.79 Å². The minimum Gasteiger partial charge on any atom is -0.357 e. The Morgan fingerprint density at radius 1 is 1.14 bits per heavy atom. The van der Waals surface area contributed by atoms with Crippen molar-refractivity contribution in [2.45, 2.75) is 72.3 Å². The highest BCUT2D eigenvalue weighted by Crippen LogP contribution is 2.17. The van der Waals surface area contributed by atoms with Crippen LogP contribution in [0.4, 0.5) is 0 Å². The predicted octanol–water partition coefficient (Wildman–Crippen LogP) is 3.32. The minimum atomic E-state index is 0. The van der Waals surface area contributed by atoms with E-state index < -0.39 is 0 Å². The van der Waals surface area contributed by atoms with Crippen molar-refractivity contribution in [1.29, 1.82) is 0 Å². The standard InChI is InChI=1S/C21H43N5O.HI/c1-6-10-14-25(5)17-13-23-21(22-9-4)24-19-11-15-26(16-12-19)20(27)18(7-2)8-3;/h18-19H,6-17H2,1-5H3,(H2,22,23,24);1H. The number of guanidine groups is 1. The normalized spacial score (nSPS) is 15.7. The van der Waals surface area contributed by atoms with E-state index >= 15 is 0 Å². The quantitative estimate of drug-likeness (QED) is 0.255. The number of hydrogen-bond acceptors (Lipinski definition) is 3. The molecule has 0 aromatic rings. The Kier molecular flexibility index (Phi) is 15.9. The highest BCUT2D eigenvalue weighted by molar-refractivity contribution is 14.0. The number of hydrogen-bond donors (Lipinski definition) is 2. The molecule has 0 aromatic heterocycles. The molecule has 7 heteroatoms. The fraction of sp³-hybridized carbons (Fsp3) is 0.905. The predicted molar refractivity (Wildman–Crippen MR) is 131 cm³/mol. The van der Waals surface area contributed by atoms with Crippen LogP contribution in [0.5, 0.6) is 0 Å². The maximum absolute atomic E-state index is 12.5. The number of nitrogens with one attached hydrogen (secondary N) is 2. The summed E-state index contributed by atoms with van der Waals surface area (Å²) in [6, 6.07) is 0.395. The van der Waals surface area contributed by atoms with Gasteiger partial charge >= 0.3 is 0 Å². The second kappa shape index (κ2) is 16.3. The molecule has 1 amide bonds. The van der Waals surface area contributed by atoms with Gasteiger partial charge in [-0.15, -0.1) is 24.0 Å². The molecule has 1 aliphatic rings. The van der Waals surface area contributed by atoms with Crippen LogP contribution < -0.4 is 10.6 Å². The van der Waals surface area contributed by atoms with Crippen molar-refractivity contribution in [3.05, 3.63) is 0 Å². The van der Waals surface area contributed by atoms with Crippen LogP contribution in [-0.4, -0.2) is 74.0 Å². The molecule has 1 aliphatic heterocycles. The van der Waals surface area contributed by atoms with E-state index in [0.717, 1.165) is 70.9 Å². The number of likely N-dealkylation sites (N-methyl/N-ethyl adjacent to an activating group) is 1. The lowest BCUT2D eigenvalue weighted by molar-refractivity contribution is -0.136. The van der Waals surface area contributed by atoms with Crippen molar-refractivity contribution >= 4 is 35.8 Å². The summed E-state index contributed by atoms with van der Waals surface area (Å²) in [6.07, 6.45) is 6.34. The Labute approximate surface area is 190 Å². The summed E-state index contributed by atoms with van der Waals surface area (Å²) in [4.78, 5) is 21.7. The summed E-state index contributed by atoms with van der Waals surface area (Å²) >= 11 is 0. The van der Waals surface area contributed by atoms with Crippen LogP contribution in [0.3, 0.4) is 0 Å². The number of amides is 1. The number of likely N-dealkylation sites (tertiary alicyclic amines) is 1. The highest BCUT2D eigenvalue weighted by atomic mass is 127. The van der Waals surface area contributed by atoms with Crippen molar-refractivity contribution in [3.8, 4) is 0 Å². The maximum atomic E-state index is 12.5. The average Bonchev–Trinajstić information content (AvgIpc) is 2.68. The van der Waals surface area contributed by atoms with Crippen molar-refractivity contribution in [2.75, 3.05) is 46.3 Å². The first-order valence-corrected chi connectivity index (χ1v) is 11.1. The summed E-state index contributed by atoms with van der Waals surface area (Å²) in [5.74, 6) is 1.44. The molecular formula is C21H44IN5O. The monoisotopic (exact) mass is 509 g/mol. The summed E-state index contributed by atoms with van der Waals surface area (Å²) in [6.45, 7) is 14.0. The van der Waals surface area contributed by atoms with Crippen LogP contribution in [0.15, 0.2) is 4.99 Å². The largest absolute Gasteiger partial charge is 0.357 e. The second-order valence-electron chi connectivity index (χ2n) is 7.67. The zero-order valence-electron chi connectivity index (χ0n) is 18.8. The zero-order chi connectivity index (χ0) is 20.1. The molecule has 0 saturated carbocycles. The zero-order valence-corrected chi connectivity index (χ0v) is 21.1. The molecule has 1 fully saturated rings. The molecule has 28 heavy (non-hydrogen) atoms. The molecule has 1 rings (SSSR count). The Morgan fingerprint density at radius 2 is 1.79 bits per heavy atom. The molecule has 0 radical (unpaired) electrons. The van der Waals surface area contributed by atoms with Crippen molar-refractivity contribution in [1.82, 2.24) is 20.4 Å². The van der Waals surface area contributed by atoms with Crippen LogP contribution in [-0.2, 0) is 4.79 Å². The van der Waals surface area contributed by atoms with Crippen molar-refractivity contribution in [2.24, 2.45) is 10.9 Å². The van der Waals surface area contributed by atoms with Crippen LogP contribution in [0, 0.1) is 5.92 Å². The molecule has 0 unspecified atom stereocenters. The van der Waals surface area contributed by atoms with Gasteiger partial charge in [0, 0.05) is 38.1 Å². The van der Waals surface area contributed by atoms with E-state index in [1.807, 2.05) is 0 Å². The van der Waals surface area contributed by atoms with Gasteiger partial charge in [0.15, 0.2) is 5.96 Å². The molecule has 0 aliphatic carbocycles. The molecule has 1 heterocycles. The third kappa shape index (κ3) is 10.3. The van der Waals surface area contributed by atoms with E-state index in [1.165, 1.54) is 12.8 Å². The molecule has 0 aromatic carbocycles. The van der Waals surface area contributed by atoms with E-state index in [2.05, 4.69) is 55.2 Å². The number of carbonyl (C=O) groups is 1. The van der Waals surface area contributed by atoms with Gasteiger partial charge < -0.3 is 20.4 Å². The first-order valence-electron chi connectivity index (χ1n) is 11.1. The molecule has 166 valence electrons. The van der Waals surface area contributed by atoms with Crippen LogP contribution in [0.2, 0.25) is 0 Å². The Morgan fingerprint density at radius 3 is 2.32 bits per heavy atom. The third-order valence-corrected chi connectivity index (χ3v) is 5.47. The smallest absolute Gasteiger partial charge is 0.225 e. The fourth-order valence-corrected chi connectivity index (χ4v) is 3.53. The number of nitrogens with zero attached hydrogens (tertiary/aromatic N) is 3. The number of halogens is 1. The van der Waals surface area contributed by atoms with E-state index in [-0.39, 0.29) is 29.9 Å². The summed E-state index contributed by atoms with van der Waals surface area (Å²) in [7, 11) is 2.16. The van der Waals surface area contributed by atoms with Gasteiger partial charge in [0.25, 0.3) is 0 Å². The number of aliphatic imine (C=N–C) groups is 1. The van der Waals surface area contributed by atoms with Crippen molar-refractivity contribution in [3.63, 3.8) is 0 Å². The van der Waals surface area contributed by atoms with Gasteiger partial charge in [-0.1, -0.05) is 27.2 Å². The lowest BCUT2D eigenvalue weighted by Gasteiger charge is -2.35. The minimum absolute atomic E-state index is 0. The Balaban J connectivity index is 0.00000729. The number of carbonyl (C=O) groups excluding carboxylic acids is 1. The number of piperidine rings is 1. The topological polar surface area (TPSA) is 60.0 Å². The molecule has 0 spiro atoms. The molecule has 0 bridgehead atoms. The van der Waals surface area contributed by atoms with Gasteiger partial charge in [-0.2, -0.15) is 0 Å². The Hall–Kier alpha value is -0.570. The number of unbranched alkanes of at least 4 members (excludes halogenated alkanes) is 1. The molecule has 2 N–H and O–H groups in total. The van der Waals surface area contributed by atoms with Gasteiger partial charge in [0.2, 0.25) is 5.91 Å². The summed E-state index contributed by atoms with van der Waals surface area (Å²) in [5, 5.41) is 6.93. The molecule has 6 nitrogen and oxygen atoms in total. The average molecular weight is 510 g/mol. The first kappa shape index (κ1) is 27.4. The van der Waals surface area contributed by atoms with Gasteiger partial charge in [0.05, 0.1) is 6.54 Å². The van der Waals surface area contributed by atoms with Crippen LogP contribution in [0.25, 0.3) is 0 Å². The Bertz CT molecular complexity index is 435. The second-order valence-corrected chi connectivity index (χ2v) is 7.67. The van der Waals surface area contributed by atoms with Crippen LogP contribution in [0.1, 0.15) is 66.2 Å². The molecular weight excluding hydrogens is 465 g/mol. The van der Waals surface area contributed by atoms with Gasteiger partial charge in [-0.05, 0) is 52.6 Å². The maximum Gasteiger partial charge on any atom is 0.225 e. The molecule has 0 atom stereocenters. The third-order valence-electron chi connectivity index (χ3n) is 5.47. The fourth-order valence-electron chi connectivity index (χ4n) is 3.53. The van der Waals surface area contributed by atoms with E-state index in [4.69, 9.17) is 4.99 Å². The van der Waals surface area contributed by atoms with Gasteiger partial charge in [-0.25, -0.2) is 0 Å².